The summed E-state index contributed by atoms with van der Waals surface area (Å²) >= 11 is 0. The summed E-state index contributed by atoms with van der Waals surface area (Å²) in [6.45, 7) is 4.87. The van der Waals surface area contributed by atoms with Gasteiger partial charge in [0.25, 0.3) is 0 Å². The second-order valence-corrected chi connectivity index (χ2v) is 4.93. The van der Waals surface area contributed by atoms with Crippen molar-refractivity contribution in [3.63, 3.8) is 0 Å². The summed E-state index contributed by atoms with van der Waals surface area (Å²) in [5.74, 6) is -0.830. The summed E-state index contributed by atoms with van der Waals surface area (Å²) in [6.07, 6.45) is 1.80. The van der Waals surface area contributed by atoms with Crippen LogP contribution in [0.1, 0.15) is 33.1 Å². The van der Waals surface area contributed by atoms with E-state index in [0.717, 1.165) is 12.8 Å². The highest BCUT2D eigenvalue weighted by Gasteiger charge is 2.33. The molecule has 0 heterocycles. The van der Waals surface area contributed by atoms with Gasteiger partial charge in [-0.15, -0.1) is 0 Å². The number of carboxylic acid groups (broad SMARTS) is 1. The molecule has 1 rings (SSSR count). The van der Waals surface area contributed by atoms with Gasteiger partial charge < -0.3 is 20.6 Å². The van der Waals surface area contributed by atoms with Crippen LogP contribution in [0.4, 0.5) is 4.79 Å². The van der Waals surface area contributed by atoms with Crippen molar-refractivity contribution >= 4 is 17.9 Å². The average Bonchev–Trinajstić information content (AvgIpc) is 3.20. The predicted octanol–water partition coefficient (Wildman–Crippen LogP) is 0.407. The second kappa shape index (κ2) is 7.72. The first-order chi connectivity index (χ1) is 9.47. The summed E-state index contributed by atoms with van der Waals surface area (Å²) in [7, 11) is 0. The molecule has 0 aromatic carbocycles. The van der Waals surface area contributed by atoms with Crippen LogP contribution in [0.5, 0.6) is 0 Å². The third kappa shape index (κ3) is 5.46. The molecule has 114 valence electrons. The van der Waals surface area contributed by atoms with Gasteiger partial charge in [-0.05, 0) is 32.6 Å². The van der Waals surface area contributed by atoms with Gasteiger partial charge in [-0.1, -0.05) is 0 Å². The van der Waals surface area contributed by atoms with Crippen molar-refractivity contribution in [2.24, 2.45) is 5.92 Å². The number of carbonyl (C=O) groups excluding carboxylic acids is 2. The molecule has 1 saturated carbocycles. The fourth-order valence-electron chi connectivity index (χ4n) is 2.09. The zero-order chi connectivity index (χ0) is 15.1. The fourth-order valence-corrected chi connectivity index (χ4v) is 2.09. The summed E-state index contributed by atoms with van der Waals surface area (Å²) in [5, 5.41) is 13.9. The molecule has 20 heavy (non-hydrogen) atoms. The molecular weight excluding hydrogens is 262 g/mol. The van der Waals surface area contributed by atoms with Crippen molar-refractivity contribution in [3.8, 4) is 0 Å². The van der Waals surface area contributed by atoms with Gasteiger partial charge in [0.2, 0.25) is 5.91 Å². The van der Waals surface area contributed by atoms with Crippen LogP contribution in [0.2, 0.25) is 0 Å². The number of amides is 3. The Morgan fingerprint density at radius 3 is 2.30 bits per heavy atom. The normalized spacial score (nSPS) is 15.3. The maximum Gasteiger partial charge on any atom is 0.315 e. The van der Waals surface area contributed by atoms with Crippen molar-refractivity contribution in [2.45, 2.75) is 39.2 Å². The van der Waals surface area contributed by atoms with Crippen molar-refractivity contribution in [1.82, 2.24) is 15.5 Å². The van der Waals surface area contributed by atoms with Gasteiger partial charge >= 0.3 is 12.0 Å². The van der Waals surface area contributed by atoms with Crippen molar-refractivity contribution in [2.75, 3.05) is 19.6 Å². The van der Waals surface area contributed by atoms with Gasteiger partial charge in [-0.3, -0.25) is 9.59 Å². The van der Waals surface area contributed by atoms with Crippen molar-refractivity contribution in [3.05, 3.63) is 0 Å². The van der Waals surface area contributed by atoms with Gasteiger partial charge in [0, 0.05) is 19.1 Å². The molecule has 0 aromatic rings. The molecule has 1 fully saturated rings. The smallest absolute Gasteiger partial charge is 0.315 e. The van der Waals surface area contributed by atoms with E-state index in [1.54, 1.807) is 4.90 Å². The minimum absolute atomic E-state index is 0.0715. The third-order valence-corrected chi connectivity index (χ3v) is 3.42. The molecule has 7 nitrogen and oxygen atoms in total. The van der Waals surface area contributed by atoms with Gasteiger partial charge in [0.05, 0.1) is 13.0 Å². The molecule has 0 aromatic heterocycles. The van der Waals surface area contributed by atoms with E-state index in [1.165, 1.54) is 0 Å². The number of rotatable bonds is 8. The Balaban J connectivity index is 2.34. The van der Waals surface area contributed by atoms with E-state index < -0.39 is 12.0 Å². The standard InChI is InChI=1S/C13H23N3O4/c1-3-16(4-2)11(17)8-14-13(20)15-10(7-12(18)19)9-5-6-9/h9-10H,3-8H2,1-2H3,(H,18,19)(H2,14,15,20). The number of likely N-dealkylation sites (N-methyl/N-ethyl adjacent to an activating group) is 1. The van der Waals surface area contributed by atoms with Crippen molar-refractivity contribution < 1.29 is 19.5 Å². The lowest BCUT2D eigenvalue weighted by Gasteiger charge is -2.20. The second-order valence-electron chi connectivity index (χ2n) is 4.93. The maximum absolute atomic E-state index is 11.7. The number of carbonyl (C=O) groups is 3. The summed E-state index contributed by atoms with van der Waals surface area (Å²) in [4.78, 5) is 35.7. The average molecular weight is 285 g/mol. The molecule has 1 atom stereocenters. The first kappa shape index (κ1) is 16.3. The number of aliphatic carboxylic acids is 1. The minimum atomic E-state index is -0.929. The van der Waals surface area contributed by atoms with Gasteiger partial charge in [0.1, 0.15) is 0 Å². The van der Waals surface area contributed by atoms with Crippen LogP contribution in [0, 0.1) is 5.92 Å². The Kier molecular flexibility index (Phi) is 6.27. The monoisotopic (exact) mass is 285 g/mol. The molecule has 0 bridgehead atoms. The van der Waals surface area contributed by atoms with Crippen LogP contribution in [0.3, 0.4) is 0 Å². The maximum atomic E-state index is 11.7. The number of carboxylic acids is 1. The van der Waals surface area contributed by atoms with Crippen molar-refractivity contribution in [1.29, 1.82) is 0 Å². The van der Waals surface area contributed by atoms with Crippen LogP contribution < -0.4 is 10.6 Å². The quantitative estimate of drug-likeness (QED) is 0.601. The molecule has 1 aliphatic carbocycles. The molecule has 3 amide bonds. The number of urea groups is 1. The van der Waals surface area contributed by atoms with Gasteiger partial charge in [-0.25, -0.2) is 4.79 Å². The predicted molar refractivity (Wildman–Crippen MR) is 73.2 cm³/mol. The largest absolute Gasteiger partial charge is 0.481 e. The molecule has 1 aliphatic rings. The Labute approximate surface area is 118 Å². The SMILES string of the molecule is CCN(CC)C(=O)CNC(=O)NC(CC(=O)O)C1CC1. The topological polar surface area (TPSA) is 98.7 Å². The summed E-state index contributed by atoms with van der Waals surface area (Å²) in [5.41, 5.74) is 0. The molecule has 0 radical (unpaired) electrons. The number of nitrogens with zero attached hydrogens (tertiary/aromatic N) is 1. The molecule has 0 spiro atoms. The highest BCUT2D eigenvalue weighted by Crippen LogP contribution is 2.33. The van der Waals surface area contributed by atoms with E-state index in [9.17, 15) is 14.4 Å². The Morgan fingerprint density at radius 1 is 1.25 bits per heavy atom. The number of hydrogen-bond donors (Lipinski definition) is 3. The van der Waals surface area contributed by atoms with E-state index in [-0.39, 0.29) is 30.8 Å². The highest BCUT2D eigenvalue weighted by atomic mass is 16.4. The molecule has 7 heteroatoms. The first-order valence-corrected chi connectivity index (χ1v) is 7.01. The van der Waals surface area contributed by atoms with Gasteiger partial charge in [0.15, 0.2) is 0 Å². The zero-order valence-corrected chi connectivity index (χ0v) is 12.0. The lowest BCUT2D eigenvalue weighted by atomic mass is 10.1. The van der Waals surface area contributed by atoms with Crippen LogP contribution in [-0.2, 0) is 9.59 Å². The van der Waals surface area contributed by atoms with E-state index >= 15 is 0 Å². The Hall–Kier alpha value is -1.79. The molecule has 1 unspecified atom stereocenters. The molecular formula is C13H23N3O4. The van der Waals surface area contributed by atoms with Crippen LogP contribution in [-0.4, -0.2) is 53.6 Å². The summed E-state index contributed by atoms with van der Waals surface area (Å²) < 4.78 is 0. The lowest BCUT2D eigenvalue weighted by molar-refractivity contribution is -0.137. The Morgan fingerprint density at radius 2 is 1.85 bits per heavy atom. The molecule has 0 saturated heterocycles. The van der Waals surface area contributed by atoms with E-state index in [1.807, 2.05) is 13.8 Å². The van der Waals surface area contributed by atoms with E-state index in [2.05, 4.69) is 10.6 Å². The number of hydrogen-bond acceptors (Lipinski definition) is 3. The fraction of sp³-hybridized carbons (Fsp3) is 0.769. The minimum Gasteiger partial charge on any atom is -0.481 e. The third-order valence-electron chi connectivity index (χ3n) is 3.42. The highest BCUT2D eigenvalue weighted by molar-refractivity contribution is 5.84. The first-order valence-electron chi connectivity index (χ1n) is 7.01. The molecule has 3 N–H and O–H groups in total. The Bertz CT molecular complexity index is 365. The van der Waals surface area contributed by atoms with Crippen LogP contribution in [0.25, 0.3) is 0 Å². The van der Waals surface area contributed by atoms with E-state index in [4.69, 9.17) is 5.11 Å². The van der Waals surface area contributed by atoms with E-state index in [0.29, 0.717) is 13.1 Å². The number of nitrogens with one attached hydrogen (secondary N) is 2. The summed E-state index contributed by atoms with van der Waals surface area (Å²) in [6, 6.07) is -0.834. The van der Waals surface area contributed by atoms with Crippen LogP contribution >= 0.6 is 0 Å². The van der Waals surface area contributed by atoms with Crippen LogP contribution in [0.15, 0.2) is 0 Å². The van der Waals surface area contributed by atoms with Gasteiger partial charge in [-0.2, -0.15) is 0 Å². The molecule has 0 aliphatic heterocycles. The zero-order valence-electron chi connectivity index (χ0n) is 12.0. The lowest BCUT2D eigenvalue weighted by Crippen LogP contribution is -2.47.